The van der Waals surface area contributed by atoms with Crippen LogP contribution >= 0.6 is 0 Å². The molecule has 1 aliphatic heterocycles. The maximum atomic E-state index is 11.9. The number of hydrogen-bond donors (Lipinski definition) is 0. The summed E-state index contributed by atoms with van der Waals surface area (Å²) < 4.78 is 5.03. The second-order valence-corrected chi connectivity index (χ2v) is 3.38. The Morgan fingerprint density at radius 3 is 2.62 bits per heavy atom. The normalized spacial score (nSPS) is 15.0. The van der Waals surface area contributed by atoms with Crippen molar-refractivity contribution in [2.75, 3.05) is 14.2 Å². The molecule has 1 aromatic carbocycles. The van der Waals surface area contributed by atoms with Gasteiger partial charge in [0.15, 0.2) is 0 Å². The van der Waals surface area contributed by atoms with Crippen LogP contribution in [0.3, 0.4) is 0 Å². The van der Waals surface area contributed by atoms with Crippen molar-refractivity contribution >= 4 is 11.8 Å². The van der Waals surface area contributed by atoms with Gasteiger partial charge < -0.3 is 4.74 Å². The van der Waals surface area contributed by atoms with Gasteiger partial charge in [-0.2, -0.15) is 0 Å². The number of carbonyl (C=O) groups is 2. The molecule has 1 heterocycles. The van der Waals surface area contributed by atoms with Gasteiger partial charge in [0.1, 0.15) is 5.75 Å². The molecular weight excluding hydrogens is 210 g/mol. The number of methoxy groups -OCH3 is 1. The first-order valence-electron chi connectivity index (χ1n) is 4.75. The lowest BCUT2D eigenvalue weighted by molar-refractivity contribution is -0.161. The Hall–Kier alpha value is -1.88. The van der Waals surface area contributed by atoms with E-state index in [1.165, 1.54) is 14.2 Å². The second-order valence-electron chi connectivity index (χ2n) is 3.38. The summed E-state index contributed by atoms with van der Waals surface area (Å²) in [7, 11) is 2.81. The molecule has 0 bridgehead atoms. The van der Waals surface area contributed by atoms with Crippen molar-refractivity contribution in [1.29, 1.82) is 0 Å². The summed E-state index contributed by atoms with van der Waals surface area (Å²) in [6, 6.07) is 5.05. The van der Waals surface area contributed by atoms with Gasteiger partial charge in [-0.15, -0.1) is 5.06 Å². The fourth-order valence-corrected chi connectivity index (χ4v) is 1.68. The van der Waals surface area contributed by atoms with E-state index in [1.807, 2.05) is 0 Å². The molecule has 84 valence electrons. The van der Waals surface area contributed by atoms with E-state index in [4.69, 9.17) is 9.57 Å². The van der Waals surface area contributed by atoms with Gasteiger partial charge in [0, 0.05) is 5.56 Å². The molecule has 0 fully saturated rings. The highest BCUT2D eigenvalue weighted by Gasteiger charge is 2.31. The summed E-state index contributed by atoms with van der Waals surface area (Å²) in [5.74, 6) is -0.227. The van der Waals surface area contributed by atoms with Crippen molar-refractivity contribution in [3.63, 3.8) is 0 Å². The average Bonchev–Trinajstić information content (AvgIpc) is 2.29. The third kappa shape index (κ3) is 1.55. The molecule has 0 aromatic heterocycles. The Bertz CT molecular complexity index is 455. The Balaban J connectivity index is 2.48. The fraction of sp³-hybridized carbons (Fsp3) is 0.273. The molecule has 0 atom stereocenters. The molecule has 1 aromatic rings. The molecule has 5 nitrogen and oxygen atoms in total. The fourth-order valence-electron chi connectivity index (χ4n) is 1.68. The highest BCUT2D eigenvalue weighted by atomic mass is 16.7. The monoisotopic (exact) mass is 221 g/mol. The molecule has 16 heavy (non-hydrogen) atoms. The molecule has 1 aliphatic rings. The number of hydrogen-bond acceptors (Lipinski definition) is 4. The first-order chi connectivity index (χ1) is 7.67. The van der Waals surface area contributed by atoms with Crippen molar-refractivity contribution in [2.24, 2.45) is 0 Å². The van der Waals surface area contributed by atoms with E-state index >= 15 is 0 Å². The Labute approximate surface area is 92.5 Å². The Morgan fingerprint density at radius 2 is 2.00 bits per heavy atom. The van der Waals surface area contributed by atoms with Gasteiger partial charge in [-0.05, 0) is 17.7 Å². The van der Waals surface area contributed by atoms with E-state index in [0.29, 0.717) is 16.9 Å². The highest BCUT2D eigenvalue weighted by Crippen LogP contribution is 2.24. The van der Waals surface area contributed by atoms with Crippen molar-refractivity contribution in [3.05, 3.63) is 29.3 Å². The number of fused-ring (bicyclic) bond motifs is 1. The molecule has 5 heteroatoms. The third-order valence-electron chi connectivity index (χ3n) is 2.48. The van der Waals surface area contributed by atoms with E-state index in [0.717, 1.165) is 5.06 Å². The van der Waals surface area contributed by atoms with Gasteiger partial charge in [0.2, 0.25) is 0 Å². The van der Waals surface area contributed by atoms with Gasteiger partial charge in [-0.25, -0.2) is 0 Å². The maximum Gasteiger partial charge on any atom is 0.285 e. The minimum absolute atomic E-state index is 0.166. The largest absolute Gasteiger partial charge is 0.497 e. The standard InChI is InChI=1S/C11H11NO4/c1-15-8-4-3-7-5-10(13)12(16-2)11(14)9(7)6-8/h3-4,6H,5H2,1-2H3. The van der Waals surface area contributed by atoms with Crippen LogP contribution in [-0.2, 0) is 16.1 Å². The summed E-state index contributed by atoms with van der Waals surface area (Å²) in [5.41, 5.74) is 1.14. The molecule has 0 N–H and O–H groups in total. The van der Waals surface area contributed by atoms with Gasteiger partial charge in [-0.3, -0.25) is 14.4 Å². The van der Waals surface area contributed by atoms with Crippen LogP contribution in [-0.4, -0.2) is 31.1 Å². The van der Waals surface area contributed by atoms with E-state index in [1.54, 1.807) is 18.2 Å². The van der Waals surface area contributed by atoms with Crippen LogP contribution in [0.4, 0.5) is 0 Å². The lowest BCUT2D eigenvalue weighted by Crippen LogP contribution is -2.41. The molecule has 0 unspecified atom stereocenters. The van der Waals surface area contributed by atoms with Crippen molar-refractivity contribution in [1.82, 2.24) is 5.06 Å². The van der Waals surface area contributed by atoms with Crippen LogP contribution in [0.5, 0.6) is 5.75 Å². The minimum atomic E-state index is -0.451. The van der Waals surface area contributed by atoms with Gasteiger partial charge in [0.25, 0.3) is 11.8 Å². The van der Waals surface area contributed by atoms with Gasteiger partial charge in [-0.1, -0.05) is 6.07 Å². The van der Waals surface area contributed by atoms with Crippen LogP contribution in [0.1, 0.15) is 15.9 Å². The molecule has 2 rings (SSSR count). The molecule has 0 radical (unpaired) electrons. The summed E-state index contributed by atoms with van der Waals surface area (Å²) in [5, 5.41) is 0.766. The molecule has 2 amide bonds. The number of amides is 2. The number of carbonyl (C=O) groups excluding carboxylic acids is 2. The van der Waals surface area contributed by atoms with Crippen LogP contribution in [0.25, 0.3) is 0 Å². The lowest BCUT2D eigenvalue weighted by Gasteiger charge is -2.24. The summed E-state index contributed by atoms with van der Waals surface area (Å²) in [4.78, 5) is 28.1. The topological polar surface area (TPSA) is 55.8 Å². The third-order valence-corrected chi connectivity index (χ3v) is 2.48. The Morgan fingerprint density at radius 1 is 1.25 bits per heavy atom. The van der Waals surface area contributed by atoms with Crippen LogP contribution < -0.4 is 4.74 Å². The van der Waals surface area contributed by atoms with E-state index in [-0.39, 0.29) is 12.3 Å². The van der Waals surface area contributed by atoms with E-state index in [2.05, 4.69) is 0 Å². The number of ether oxygens (including phenoxy) is 1. The molecular formula is C11H11NO4. The number of imide groups is 1. The van der Waals surface area contributed by atoms with Crippen molar-refractivity contribution in [3.8, 4) is 5.75 Å². The van der Waals surface area contributed by atoms with Crippen LogP contribution in [0, 0.1) is 0 Å². The summed E-state index contributed by atoms with van der Waals surface area (Å²) >= 11 is 0. The number of rotatable bonds is 2. The zero-order chi connectivity index (χ0) is 11.7. The summed E-state index contributed by atoms with van der Waals surface area (Å²) in [6.45, 7) is 0. The quantitative estimate of drug-likeness (QED) is 0.692. The van der Waals surface area contributed by atoms with Crippen molar-refractivity contribution < 1.29 is 19.2 Å². The first kappa shape index (κ1) is 10.6. The smallest absolute Gasteiger partial charge is 0.285 e. The van der Waals surface area contributed by atoms with Gasteiger partial charge >= 0.3 is 0 Å². The molecule has 0 aliphatic carbocycles. The number of hydroxylamine groups is 2. The van der Waals surface area contributed by atoms with Crippen LogP contribution in [0.15, 0.2) is 18.2 Å². The zero-order valence-corrected chi connectivity index (χ0v) is 9.02. The predicted octanol–water partition coefficient (Wildman–Crippen LogP) is 0.781. The van der Waals surface area contributed by atoms with E-state index in [9.17, 15) is 9.59 Å². The average molecular weight is 221 g/mol. The highest BCUT2D eigenvalue weighted by molar-refractivity contribution is 6.08. The first-order valence-corrected chi connectivity index (χ1v) is 4.75. The predicted molar refractivity (Wildman–Crippen MR) is 54.9 cm³/mol. The minimum Gasteiger partial charge on any atom is -0.497 e. The second kappa shape index (κ2) is 3.94. The number of benzene rings is 1. The Kier molecular flexibility index (Phi) is 2.62. The maximum absolute atomic E-state index is 11.9. The van der Waals surface area contributed by atoms with Gasteiger partial charge in [0.05, 0.1) is 20.6 Å². The molecule has 0 saturated carbocycles. The van der Waals surface area contributed by atoms with E-state index < -0.39 is 5.91 Å². The number of nitrogens with zero attached hydrogens (tertiary/aromatic N) is 1. The van der Waals surface area contributed by atoms with Crippen molar-refractivity contribution in [2.45, 2.75) is 6.42 Å². The molecule has 0 spiro atoms. The zero-order valence-electron chi connectivity index (χ0n) is 9.02. The lowest BCUT2D eigenvalue weighted by atomic mass is 9.99. The molecule has 0 saturated heterocycles. The SMILES string of the molecule is COc1ccc2c(c1)C(=O)N(OC)C(=O)C2. The van der Waals surface area contributed by atoms with Crippen LogP contribution in [0.2, 0.25) is 0 Å². The summed E-state index contributed by atoms with van der Waals surface area (Å²) in [6.07, 6.45) is 0.166.